The standard InChI is InChI=1S/C20H21N3O4S/c1-26-13-8-6-12(7-9-13)10-15-18(16(24)11-21-15)27-20(25)23-19-22-14-4-2-3-5-17(14)28-19/h2-9,15-16,18,21,24H,10-11H2,1H3,(H,22,23,25)/t15-,16+,18+/m1/s1. The number of fused-ring (bicyclic) bond motifs is 1. The minimum absolute atomic E-state index is 0.176. The Morgan fingerprint density at radius 1 is 1.29 bits per heavy atom. The fourth-order valence-corrected chi connectivity index (χ4v) is 4.15. The second kappa shape index (κ2) is 8.14. The second-order valence-electron chi connectivity index (χ2n) is 6.62. The first-order valence-electron chi connectivity index (χ1n) is 9.00. The van der Waals surface area contributed by atoms with Crippen LogP contribution in [0.2, 0.25) is 0 Å². The molecule has 0 aliphatic carbocycles. The number of methoxy groups -OCH3 is 1. The number of carbonyl (C=O) groups excluding carboxylic acids is 1. The van der Waals surface area contributed by atoms with Crippen molar-refractivity contribution in [3.05, 3.63) is 54.1 Å². The van der Waals surface area contributed by atoms with Gasteiger partial charge in [0, 0.05) is 6.54 Å². The lowest BCUT2D eigenvalue weighted by Gasteiger charge is -2.22. The molecule has 28 heavy (non-hydrogen) atoms. The predicted octanol–water partition coefficient (Wildman–Crippen LogP) is 2.80. The lowest BCUT2D eigenvalue weighted by Crippen LogP contribution is -2.39. The predicted molar refractivity (Wildman–Crippen MR) is 108 cm³/mol. The van der Waals surface area contributed by atoms with Gasteiger partial charge in [0.15, 0.2) is 5.13 Å². The lowest BCUT2D eigenvalue weighted by molar-refractivity contribution is 0.0255. The zero-order chi connectivity index (χ0) is 19.5. The van der Waals surface area contributed by atoms with E-state index in [0.29, 0.717) is 18.1 Å². The highest BCUT2D eigenvalue weighted by atomic mass is 32.1. The molecule has 2 aromatic carbocycles. The van der Waals surface area contributed by atoms with E-state index in [0.717, 1.165) is 21.5 Å². The molecule has 8 heteroatoms. The van der Waals surface area contributed by atoms with Crippen LogP contribution in [-0.2, 0) is 11.2 Å². The number of aromatic nitrogens is 1. The molecule has 3 atom stereocenters. The third-order valence-corrected chi connectivity index (χ3v) is 5.68. The van der Waals surface area contributed by atoms with Crippen LogP contribution in [0.5, 0.6) is 5.75 Å². The van der Waals surface area contributed by atoms with Gasteiger partial charge in [-0.15, -0.1) is 0 Å². The minimum Gasteiger partial charge on any atom is -0.497 e. The minimum atomic E-state index is -0.760. The van der Waals surface area contributed by atoms with Gasteiger partial charge < -0.3 is 19.9 Å². The fourth-order valence-electron chi connectivity index (χ4n) is 3.30. The average molecular weight is 399 g/mol. The summed E-state index contributed by atoms with van der Waals surface area (Å²) in [6.45, 7) is 0.375. The third kappa shape index (κ3) is 4.09. The second-order valence-corrected chi connectivity index (χ2v) is 7.65. The lowest BCUT2D eigenvalue weighted by atomic mass is 10.0. The van der Waals surface area contributed by atoms with Crippen LogP contribution in [0.1, 0.15) is 5.56 Å². The van der Waals surface area contributed by atoms with Crippen LogP contribution in [0.15, 0.2) is 48.5 Å². The fraction of sp³-hybridized carbons (Fsp3) is 0.300. The number of nitrogens with one attached hydrogen (secondary N) is 2. The number of carbonyl (C=O) groups is 1. The maximum Gasteiger partial charge on any atom is 0.413 e. The van der Waals surface area contributed by atoms with Gasteiger partial charge in [0.2, 0.25) is 0 Å². The molecule has 0 radical (unpaired) electrons. The van der Waals surface area contributed by atoms with Crippen molar-refractivity contribution in [2.24, 2.45) is 0 Å². The van der Waals surface area contributed by atoms with E-state index >= 15 is 0 Å². The molecule has 2 heterocycles. The van der Waals surface area contributed by atoms with E-state index in [2.05, 4.69) is 15.6 Å². The van der Waals surface area contributed by atoms with Crippen molar-refractivity contribution in [2.45, 2.75) is 24.7 Å². The summed E-state index contributed by atoms with van der Waals surface area (Å²) in [7, 11) is 1.62. The number of anilines is 1. The van der Waals surface area contributed by atoms with Crippen LogP contribution >= 0.6 is 11.3 Å². The molecule has 0 unspecified atom stereocenters. The van der Waals surface area contributed by atoms with Crippen molar-refractivity contribution in [3.63, 3.8) is 0 Å². The molecule has 0 saturated carbocycles. The van der Waals surface area contributed by atoms with Crippen LogP contribution < -0.4 is 15.4 Å². The number of β-amino-alcohol motifs (C(OH)–C–C–N with tert-alkyl or cyclic N) is 1. The first-order valence-corrected chi connectivity index (χ1v) is 9.81. The quantitative estimate of drug-likeness (QED) is 0.611. The van der Waals surface area contributed by atoms with Crippen molar-refractivity contribution in [3.8, 4) is 5.75 Å². The van der Waals surface area contributed by atoms with Crippen molar-refractivity contribution in [1.82, 2.24) is 10.3 Å². The Labute approximate surface area is 166 Å². The van der Waals surface area contributed by atoms with Gasteiger partial charge in [0.25, 0.3) is 0 Å². The van der Waals surface area contributed by atoms with E-state index in [1.165, 1.54) is 11.3 Å². The van der Waals surface area contributed by atoms with E-state index in [1.54, 1.807) is 7.11 Å². The molecule has 1 fully saturated rings. The summed E-state index contributed by atoms with van der Waals surface area (Å²) in [5, 5.41) is 16.6. The number of benzene rings is 2. The Hall–Kier alpha value is -2.68. The topological polar surface area (TPSA) is 92.7 Å². The number of para-hydroxylation sites is 1. The third-order valence-electron chi connectivity index (χ3n) is 4.73. The summed E-state index contributed by atoms with van der Waals surface area (Å²) in [5.41, 5.74) is 1.88. The van der Waals surface area contributed by atoms with Gasteiger partial charge in [-0.25, -0.2) is 9.78 Å². The van der Waals surface area contributed by atoms with Crippen molar-refractivity contribution in [1.29, 1.82) is 0 Å². The molecular weight excluding hydrogens is 378 g/mol. The summed E-state index contributed by atoms with van der Waals surface area (Å²) >= 11 is 1.38. The zero-order valence-electron chi connectivity index (χ0n) is 15.3. The number of hydrogen-bond acceptors (Lipinski definition) is 7. The summed E-state index contributed by atoms with van der Waals surface area (Å²) in [6.07, 6.45) is -1.40. The molecule has 1 amide bonds. The molecule has 7 nitrogen and oxygen atoms in total. The molecule has 0 bridgehead atoms. The molecule has 3 aromatic rings. The van der Waals surface area contributed by atoms with Crippen LogP contribution in [-0.4, -0.2) is 48.1 Å². The van der Waals surface area contributed by atoms with E-state index < -0.39 is 18.3 Å². The summed E-state index contributed by atoms with van der Waals surface area (Å²) in [6, 6.07) is 15.2. The summed E-state index contributed by atoms with van der Waals surface area (Å²) < 4.78 is 11.7. The number of thiazole rings is 1. The monoisotopic (exact) mass is 399 g/mol. The van der Waals surface area contributed by atoms with Gasteiger partial charge in [0.1, 0.15) is 18.0 Å². The molecule has 4 rings (SSSR count). The number of aliphatic hydroxyl groups excluding tert-OH is 1. The number of rotatable bonds is 5. The molecular formula is C20H21N3O4S. The van der Waals surface area contributed by atoms with Crippen LogP contribution in [0.25, 0.3) is 10.2 Å². The Bertz CT molecular complexity index is 926. The van der Waals surface area contributed by atoms with E-state index in [1.807, 2.05) is 48.5 Å². The van der Waals surface area contributed by atoms with Gasteiger partial charge in [-0.1, -0.05) is 35.6 Å². The molecule has 146 valence electrons. The number of nitrogens with zero attached hydrogens (tertiary/aromatic N) is 1. The van der Waals surface area contributed by atoms with Crippen LogP contribution in [0, 0.1) is 0 Å². The smallest absolute Gasteiger partial charge is 0.413 e. The van der Waals surface area contributed by atoms with E-state index in [4.69, 9.17) is 9.47 Å². The maximum atomic E-state index is 12.4. The number of hydrogen-bond donors (Lipinski definition) is 3. The van der Waals surface area contributed by atoms with Gasteiger partial charge in [-0.3, -0.25) is 5.32 Å². The Morgan fingerprint density at radius 2 is 2.07 bits per heavy atom. The number of amides is 1. The normalized spacial score (nSPS) is 21.6. The Balaban J connectivity index is 1.40. The van der Waals surface area contributed by atoms with Crippen LogP contribution in [0.4, 0.5) is 9.93 Å². The zero-order valence-corrected chi connectivity index (χ0v) is 16.1. The van der Waals surface area contributed by atoms with Gasteiger partial charge >= 0.3 is 6.09 Å². The highest BCUT2D eigenvalue weighted by Gasteiger charge is 2.38. The molecule has 1 aromatic heterocycles. The molecule has 1 aliphatic rings. The largest absolute Gasteiger partial charge is 0.497 e. The van der Waals surface area contributed by atoms with Crippen LogP contribution in [0.3, 0.4) is 0 Å². The highest BCUT2D eigenvalue weighted by molar-refractivity contribution is 7.22. The molecule has 0 spiro atoms. The molecule has 3 N–H and O–H groups in total. The highest BCUT2D eigenvalue weighted by Crippen LogP contribution is 2.26. The van der Waals surface area contributed by atoms with E-state index in [9.17, 15) is 9.90 Å². The number of aliphatic hydroxyl groups is 1. The van der Waals surface area contributed by atoms with Crippen molar-refractivity contribution >= 4 is 32.8 Å². The number of ether oxygens (including phenoxy) is 2. The summed E-state index contributed by atoms with van der Waals surface area (Å²) in [4.78, 5) is 16.7. The first-order chi connectivity index (χ1) is 13.6. The summed E-state index contributed by atoms with van der Waals surface area (Å²) in [5.74, 6) is 0.783. The first kappa shape index (κ1) is 18.7. The Morgan fingerprint density at radius 3 is 2.82 bits per heavy atom. The van der Waals surface area contributed by atoms with Gasteiger partial charge in [0.05, 0.1) is 23.4 Å². The molecule has 1 aliphatic heterocycles. The SMILES string of the molecule is COc1ccc(C[C@H]2NC[C@H](O)[C@H]2OC(=O)Nc2nc3ccccc3s2)cc1. The van der Waals surface area contributed by atoms with Crippen molar-refractivity contribution in [2.75, 3.05) is 19.0 Å². The average Bonchev–Trinajstić information content (AvgIpc) is 3.26. The van der Waals surface area contributed by atoms with Gasteiger partial charge in [-0.05, 0) is 36.2 Å². The van der Waals surface area contributed by atoms with Gasteiger partial charge in [-0.2, -0.15) is 0 Å². The molecule has 1 saturated heterocycles. The van der Waals surface area contributed by atoms with E-state index in [-0.39, 0.29) is 6.04 Å². The maximum absolute atomic E-state index is 12.4. The Kier molecular flexibility index (Phi) is 5.43. The van der Waals surface area contributed by atoms with Crippen molar-refractivity contribution < 1.29 is 19.4 Å².